The summed E-state index contributed by atoms with van der Waals surface area (Å²) in [5.74, 6) is -0.949. The van der Waals surface area contributed by atoms with E-state index in [4.69, 9.17) is 5.11 Å². The van der Waals surface area contributed by atoms with Crippen molar-refractivity contribution in [3.8, 4) is 0 Å². The number of aliphatic carboxylic acids is 1. The summed E-state index contributed by atoms with van der Waals surface area (Å²) >= 11 is 0. The second kappa shape index (κ2) is 8.28. The molecule has 0 atom stereocenters. The lowest BCUT2D eigenvalue weighted by molar-refractivity contribution is -0.129. The summed E-state index contributed by atoms with van der Waals surface area (Å²) in [5, 5.41) is 13.0. The largest absolute Gasteiger partial charge is 0.477 e. The molecule has 98 valence electrons. The summed E-state index contributed by atoms with van der Waals surface area (Å²) in [6, 6.07) is 9.34. The van der Waals surface area contributed by atoms with Gasteiger partial charge in [0.1, 0.15) is 5.71 Å². The van der Waals surface area contributed by atoms with Crippen LogP contribution in [0, 0.1) is 0 Å². The lowest BCUT2D eigenvalue weighted by Crippen LogP contribution is -2.14. The normalized spacial score (nSPS) is 11.3. The summed E-state index contributed by atoms with van der Waals surface area (Å²) in [5.41, 5.74) is 3.76. The zero-order valence-electron chi connectivity index (χ0n) is 10.7. The van der Waals surface area contributed by atoms with Crippen LogP contribution in [0.4, 0.5) is 5.69 Å². The molecule has 0 saturated carbocycles. The Bertz CT molecular complexity index is 388. The van der Waals surface area contributed by atoms with Gasteiger partial charge in [-0.3, -0.25) is 5.43 Å². The molecule has 0 spiro atoms. The minimum absolute atomic E-state index is 0.190. The molecule has 0 amide bonds. The number of nitrogens with zero attached hydrogens (tertiary/aromatic N) is 1. The van der Waals surface area contributed by atoms with Gasteiger partial charge in [-0.25, -0.2) is 4.79 Å². The van der Waals surface area contributed by atoms with Gasteiger partial charge in [0.2, 0.25) is 0 Å². The summed E-state index contributed by atoms with van der Waals surface area (Å²) in [4.78, 5) is 11.0. The minimum Gasteiger partial charge on any atom is -0.477 e. The Morgan fingerprint density at radius 2 is 1.94 bits per heavy atom. The Kier molecular flexibility index (Phi) is 6.54. The second-order valence-electron chi connectivity index (χ2n) is 4.15. The van der Waals surface area contributed by atoms with Crippen LogP contribution in [-0.2, 0) is 4.79 Å². The molecule has 0 heterocycles. The van der Waals surface area contributed by atoms with Crippen molar-refractivity contribution in [2.75, 3.05) is 5.43 Å². The van der Waals surface area contributed by atoms with E-state index in [1.54, 1.807) is 0 Å². The van der Waals surface area contributed by atoms with Gasteiger partial charge in [0.05, 0.1) is 5.69 Å². The molecule has 1 aromatic carbocycles. The summed E-state index contributed by atoms with van der Waals surface area (Å²) in [6.45, 7) is 2.13. The number of benzene rings is 1. The van der Waals surface area contributed by atoms with Crippen LogP contribution in [-0.4, -0.2) is 16.8 Å². The lowest BCUT2D eigenvalue weighted by atomic mass is 10.1. The van der Waals surface area contributed by atoms with Crippen molar-refractivity contribution in [1.82, 2.24) is 0 Å². The minimum atomic E-state index is -0.949. The number of carbonyl (C=O) groups is 1. The second-order valence-corrected chi connectivity index (χ2v) is 4.15. The molecule has 0 aliphatic rings. The number of carboxylic acids is 1. The van der Waals surface area contributed by atoms with Crippen LogP contribution < -0.4 is 5.43 Å². The first-order valence-corrected chi connectivity index (χ1v) is 6.35. The van der Waals surface area contributed by atoms with E-state index in [-0.39, 0.29) is 5.71 Å². The van der Waals surface area contributed by atoms with Crippen molar-refractivity contribution in [2.24, 2.45) is 5.10 Å². The molecule has 2 N–H and O–H groups in total. The van der Waals surface area contributed by atoms with Crippen molar-refractivity contribution >= 4 is 17.4 Å². The Morgan fingerprint density at radius 3 is 2.56 bits per heavy atom. The van der Waals surface area contributed by atoms with Gasteiger partial charge < -0.3 is 5.11 Å². The van der Waals surface area contributed by atoms with Crippen LogP contribution in [0.2, 0.25) is 0 Å². The Balaban J connectivity index is 2.48. The van der Waals surface area contributed by atoms with Crippen LogP contribution in [0.3, 0.4) is 0 Å². The molecule has 4 nitrogen and oxygen atoms in total. The average molecular weight is 248 g/mol. The van der Waals surface area contributed by atoms with Gasteiger partial charge in [-0.2, -0.15) is 5.10 Å². The van der Waals surface area contributed by atoms with E-state index in [0.717, 1.165) is 31.4 Å². The molecule has 0 saturated heterocycles. The van der Waals surface area contributed by atoms with E-state index in [9.17, 15) is 4.79 Å². The smallest absolute Gasteiger partial charge is 0.352 e. The fourth-order valence-electron chi connectivity index (χ4n) is 1.57. The lowest BCUT2D eigenvalue weighted by Gasteiger charge is -2.03. The number of nitrogens with one attached hydrogen (secondary N) is 1. The van der Waals surface area contributed by atoms with Crippen molar-refractivity contribution in [1.29, 1.82) is 0 Å². The molecule has 0 radical (unpaired) electrons. The highest BCUT2D eigenvalue weighted by Gasteiger charge is 2.08. The summed E-state index contributed by atoms with van der Waals surface area (Å²) in [6.07, 6.45) is 4.71. The number of unbranched alkanes of at least 4 members (excludes halogenated alkanes) is 3. The van der Waals surface area contributed by atoms with Gasteiger partial charge in [-0.1, -0.05) is 44.4 Å². The number of rotatable bonds is 8. The molecule has 1 rings (SSSR count). The van der Waals surface area contributed by atoms with Crippen molar-refractivity contribution in [3.05, 3.63) is 30.3 Å². The topological polar surface area (TPSA) is 61.7 Å². The molecule has 0 aromatic heterocycles. The van der Waals surface area contributed by atoms with E-state index >= 15 is 0 Å². The fraction of sp³-hybridized carbons (Fsp3) is 0.429. The highest BCUT2D eigenvalue weighted by atomic mass is 16.4. The average Bonchev–Trinajstić information content (AvgIpc) is 2.38. The third kappa shape index (κ3) is 5.48. The number of anilines is 1. The van der Waals surface area contributed by atoms with Gasteiger partial charge in [-0.15, -0.1) is 0 Å². The highest BCUT2D eigenvalue weighted by molar-refractivity contribution is 6.35. The van der Waals surface area contributed by atoms with Gasteiger partial charge in [0, 0.05) is 0 Å². The first-order valence-electron chi connectivity index (χ1n) is 6.35. The molecule has 4 heteroatoms. The standard InChI is InChI=1S/C14H20N2O2/c1-2-3-4-8-11-13(14(17)18)16-15-12-9-6-5-7-10-12/h5-7,9-10,15H,2-4,8,11H2,1H3,(H,17,18). The quantitative estimate of drug-likeness (QED) is 0.420. The Labute approximate surface area is 108 Å². The predicted molar refractivity (Wildman–Crippen MR) is 73.9 cm³/mol. The van der Waals surface area contributed by atoms with Crippen LogP contribution in [0.25, 0.3) is 0 Å². The molecule has 0 unspecified atom stereocenters. The van der Waals surface area contributed by atoms with Gasteiger partial charge >= 0.3 is 5.97 Å². The zero-order chi connectivity index (χ0) is 13.2. The maximum absolute atomic E-state index is 11.0. The molecule has 0 aliphatic heterocycles. The van der Waals surface area contributed by atoms with E-state index in [2.05, 4.69) is 17.5 Å². The maximum Gasteiger partial charge on any atom is 0.352 e. The van der Waals surface area contributed by atoms with Gasteiger partial charge in [0.15, 0.2) is 0 Å². The summed E-state index contributed by atoms with van der Waals surface area (Å²) in [7, 11) is 0. The molecular weight excluding hydrogens is 228 g/mol. The molecule has 0 aliphatic carbocycles. The first-order chi connectivity index (χ1) is 8.74. The molecule has 18 heavy (non-hydrogen) atoms. The maximum atomic E-state index is 11.0. The number of para-hydroxylation sites is 1. The Morgan fingerprint density at radius 1 is 1.22 bits per heavy atom. The third-order valence-electron chi connectivity index (χ3n) is 2.61. The zero-order valence-corrected chi connectivity index (χ0v) is 10.7. The molecule has 0 fully saturated rings. The van der Waals surface area contributed by atoms with Crippen LogP contribution in [0.5, 0.6) is 0 Å². The van der Waals surface area contributed by atoms with Gasteiger partial charge in [-0.05, 0) is 25.0 Å². The van der Waals surface area contributed by atoms with E-state index in [1.165, 1.54) is 0 Å². The Hall–Kier alpha value is -1.84. The number of hydrogen-bond donors (Lipinski definition) is 2. The van der Waals surface area contributed by atoms with E-state index in [1.807, 2.05) is 30.3 Å². The number of carboxylic acid groups (broad SMARTS) is 1. The SMILES string of the molecule is CCCCCCC(=NNc1ccccc1)C(=O)O. The molecule has 1 aromatic rings. The van der Waals surface area contributed by atoms with Gasteiger partial charge in [0.25, 0.3) is 0 Å². The summed E-state index contributed by atoms with van der Waals surface area (Å²) < 4.78 is 0. The van der Waals surface area contributed by atoms with Crippen LogP contribution >= 0.6 is 0 Å². The predicted octanol–water partition coefficient (Wildman–Crippen LogP) is 3.51. The van der Waals surface area contributed by atoms with Crippen molar-refractivity contribution in [2.45, 2.75) is 39.0 Å². The van der Waals surface area contributed by atoms with Crippen molar-refractivity contribution < 1.29 is 9.90 Å². The number of hydrogen-bond acceptors (Lipinski definition) is 3. The first kappa shape index (κ1) is 14.2. The van der Waals surface area contributed by atoms with E-state index in [0.29, 0.717) is 6.42 Å². The van der Waals surface area contributed by atoms with E-state index < -0.39 is 5.97 Å². The molecule has 0 bridgehead atoms. The van der Waals surface area contributed by atoms with Crippen LogP contribution in [0.1, 0.15) is 39.0 Å². The monoisotopic (exact) mass is 248 g/mol. The van der Waals surface area contributed by atoms with Crippen LogP contribution in [0.15, 0.2) is 35.4 Å². The number of hydrazone groups is 1. The third-order valence-corrected chi connectivity index (χ3v) is 2.61. The van der Waals surface area contributed by atoms with Crippen molar-refractivity contribution in [3.63, 3.8) is 0 Å². The highest BCUT2D eigenvalue weighted by Crippen LogP contribution is 2.07. The fourth-order valence-corrected chi connectivity index (χ4v) is 1.57. The molecular formula is C14H20N2O2.